The standard InChI is InChI=1S/C23H30N4O4/c1-16-20(17(2)31-25-16)21(28)26-13-10-23(11-14-26)9-4-12-27(15-23)22(29)24-18-5-7-19(30-3)8-6-18/h5-8H,4,9-15H2,1-3H3,(H,24,29). The number of anilines is 1. The first-order chi connectivity index (χ1) is 14.9. The molecule has 3 heterocycles. The number of ether oxygens (including phenoxy) is 1. The van der Waals surface area contributed by atoms with Gasteiger partial charge in [0.25, 0.3) is 5.91 Å². The largest absolute Gasteiger partial charge is 0.497 e. The SMILES string of the molecule is COc1ccc(NC(=O)N2CCCC3(CCN(C(=O)c4c(C)noc4C)CC3)C2)cc1. The zero-order chi connectivity index (χ0) is 22.0. The number of rotatable bonds is 3. The molecule has 2 aliphatic heterocycles. The molecular formula is C23H30N4O4. The fraction of sp³-hybridized carbons (Fsp3) is 0.522. The molecule has 1 N–H and O–H groups in total. The summed E-state index contributed by atoms with van der Waals surface area (Å²) in [5, 5.41) is 6.90. The Morgan fingerprint density at radius 3 is 2.39 bits per heavy atom. The molecule has 0 atom stereocenters. The predicted octanol–water partition coefficient (Wildman–Crippen LogP) is 3.85. The summed E-state index contributed by atoms with van der Waals surface area (Å²) in [6.07, 6.45) is 3.86. The average Bonchev–Trinajstić information content (AvgIpc) is 3.12. The lowest BCUT2D eigenvalue weighted by Gasteiger charge is -2.47. The summed E-state index contributed by atoms with van der Waals surface area (Å²) in [6, 6.07) is 7.28. The second kappa shape index (κ2) is 8.61. The van der Waals surface area contributed by atoms with Gasteiger partial charge in [0.2, 0.25) is 0 Å². The van der Waals surface area contributed by atoms with Crippen LogP contribution >= 0.6 is 0 Å². The molecule has 3 amide bonds. The van der Waals surface area contributed by atoms with Gasteiger partial charge in [-0.05, 0) is 69.2 Å². The Hall–Kier alpha value is -3.03. The number of aryl methyl sites for hydroxylation is 2. The number of carbonyl (C=O) groups excluding carboxylic acids is 2. The van der Waals surface area contributed by atoms with Crippen LogP contribution in [0.15, 0.2) is 28.8 Å². The fourth-order valence-corrected chi connectivity index (χ4v) is 4.80. The van der Waals surface area contributed by atoms with Gasteiger partial charge in [-0.15, -0.1) is 0 Å². The number of methoxy groups -OCH3 is 1. The summed E-state index contributed by atoms with van der Waals surface area (Å²) in [5.41, 5.74) is 2.05. The number of aromatic nitrogens is 1. The molecule has 31 heavy (non-hydrogen) atoms. The molecular weight excluding hydrogens is 396 g/mol. The van der Waals surface area contributed by atoms with E-state index in [1.54, 1.807) is 21.0 Å². The molecule has 2 fully saturated rings. The third-order valence-corrected chi connectivity index (χ3v) is 6.65. The Bertz CT molecular complexity index is 925. The molecule has 8 heteroatoms. The number of amides is 3. The smallest absolute Gasteiger partial charge is 0.321 e. The summed E-state index contributed by atoms with van der Waals surface area (Å²) in [6.45, 7) is 6.44. The van der Waals surface area contributed by atoms with Crippen molar-refractivity contribution in [2.45, 2.75) is 39.5 Å². The second-order valence-corrected chi connectivity index (χ2v) is 8.68. The first kappa shape index (κ1) is 21.2. The molecule has 0 bridgehead atoms. The summed E-state index contributed by atoms with van der Waals surface area (Å²) in [7, 11) is 1.62. The van der Waals surface area contributed by atoms with Gasteiger partial charge in [-0.3, -0.25) is 4.79 Å². The van der Waals surface area contributed by atoms with E-state index >= 15 is 0 Å². The minimum atomic E-state index is -0.0709. The van der Waals surface area contributed by atoms with Gasteiger partial charge in [0.1, 0.15) is 17.1 Å². The van der Waals surface area contributed by atoms with Crippen LogP contribution in [0.3, 0.4) is 0 Å². The van der Waals surface area contributed by atoms with E-state index in [1.807, 2.05) is 34.1 Å². The molecule has 1 spiro atoms. The molecule has 2 aliphatic rings. The quantitative estimate of drug-likeness (QED) is 0.805. The Balaban J connectivity index is 1.36. The number of hydrogen-bond donors (Lipinski definition) is 1. The maximum Gasteiger partial charge on any atom is 0.321 e. The van der Waals surface area contributed by atoms with Crippen LogP contribution < -0.4 is 10.1 Å². The van der Waals surface area contributed by atoms with Crippen molar-refractivity contribution in [3.05, 3.63) is 41.3 Å². The maximum absolute atomic E-state index is 12.9. The summed E-state index contributed by atoms with van der Waals surface area (Å²) >= 11 is 0. The minimum Gasteiger partial charge on any atom is -0.497 e. The third kappa shape index (κ3) is 4.38. The van der Waals surface area contributed by atoms with Crippen molar-refractivity contribution in [1.29, 1.82) is 0 Å². The molecule has 1 aromatic heterocycles. The Morgan fingerprint density at radius 1 is 1.06 bits per heavy atom. The predicted molar refractivity (Wildman–Crippen MR) is 116 cm³/mol. The molecule has 0 radical (unpaired) electrons. The van der Waals surface area contributed by atoms with E-state index in [0.717, 1.165) is 50.2 Å². The van der Waals surface area contributed by atoms with Crippen LogP contribution in [0.4, 0.5) is 10.5 Å². The van der Waals surface area contributed by atoms with Crippen molar-refractivity contribution in [3.8, 4) is 5.75 Å². The number of piperidine rings is 2. The van der Waals surface area contributed by atoms with Crippen LogP contribution in [0.2, 0.25) is 0 Å². The minimum absolute atomic E-state index is 0.00369. The topological polar surface area (TPSA) is 87.9 Å². The van der Waals surface area contributed by atoms with Crippen molar-refractivity contribution < 1.29 is 18.8 Å². The monoisotopic (exact) mass is 426 g/mol. The highest BCUT2D eigenvalue weighted by atomic mass is 16.5. The van der Waals surface area contributed by atoms with Gasteiger partial charge in [-0.2, -0.15) is 0 Å². The van der Waals surface area contributed by atoms with Crippen LogP contribution in [0.5, 0.6) is 5.75 Å². The summed E-state index contributed by atoms with van der Waals surface area (Å²) < 4.78 is 10.3. The van der Waals surface area contributed by atoms with Gasteiger partial charge in [-0.25, -0.2) is 4.79 Å². The number of benzene rings is 1. The molecule has 1 aromatic carbocycles. The molecule has 2 saturated heterocycles. The van der Waals surface area contributed by atoms with Crippen molar-refractivity contribution in [2.24, 2.45) is 5.41 Å². The molecule has 166 valence electrons. The lowest BCUT2D eigenvalue weighted by atomic mass is 9.72. The molecule has 0 aliphatic carbocycles. The van der Waals surface area contributed by atoms with Crippen molar-refractivity contribution in [3.63, 3.8) is 0 Å². The first-order valence-corrected chi connectivity index (χ1v) is 10.8. The van der Waals surface area contributed by atoms with Gasteiger partial charge in [0, 0.05) is 31.9 Å². The lowest BCUT2D eigenvalue weighted by Crippen LogP contribution is -2.52. The Kier molecular flexibility index (Phi) is 5.89. The molecule has 4 rings (SSSR count). The van der Waals surface area contributed by atoms with Crippen LogP contribution in [0.1, 0.15) is 47.5 Å². The molecule has 8 nitrogen and oxygen atoms in total. The summed E-state index contributed by atoms with van der Waals surface area (Å²) in [4.78, 5) is 29.6. The van der Waals surface area contributed by atoms with Crippen molar-refractivity contribution in [1.82, 2.24) is 15.0 Å². The van der Waals surface area contributed by atoms with E-state index in [1.165, 1.54) is 0 Å². The van der Waals surface area contributed by atoms with Gasteiger partial charge in [0.05, 0.1) is 12.8 Å². The van der Waals surface area contributed by atoms with Crippen molar-refractivity contribution in [2.75, 3.05) is 38.6 Å². The fourth-order valence-electron chi connectivity index (χ4n) is 4.80. The number of carbonyl (C=O) groups is 2. The number of nitrogens with one attached hydrogen (secondary N) is 1. The second-order valence-electron chi connectivity index (χ2n) is 8.68. The molecule has 0 unspecified atom stereocenters. The van der Waals surface area contributed by atoms with Crippen LogP contribution in [-0.2, 0) is 0 Å². The van der Waals surface area contributed by atoms with E-state index in [0.29, 0.717) is 30.1 Å². The number of hydrogen-bond acceptors (Lipinski definition) is 5. The van der Waals surface area contributed by atoms with E-state index in [2.05, 4.69) is 10.5 Å². The van der Waals surface area contributed by atoms with Crippen LogP contribution in [0, 0.1) is 19.3 Å². The zero-order valence-electron chi connectivity index (χ0n) is 18.4. The van der Waals surface area contributed by atoms with E-state index in [9.17, 15) is 9.59 Å². The molecule has 2 aromatic rings. The Labute approximate surface area is 182 Å². The van der Waals surface area contributed by atoms with Gasteiger partial charge in [-0.1, -0.05) is 5.16 Å². The molecule has 0 saturated carbocycles. The summed E-state index contributed by atoms with van der Waals surface area (Å²) in [5.74, 6) is 1.32. The van der Waals surface area contributed by atoms with E-state index in [4.69, 9.17) is 9.26 Å². The highest BCUT2D eigenvalue weighted by Crippen LogP contribution is 2.40. The maximum atomic E-state index is 12.9. The lowest BCUT2D eigenvalue weighted by molar-refractivity contribution is 0.0333. The van der Waals surface area contributed by atoms with E-state index in [-0.39, 0.29) is 17.4 Å². The van der Waals surface area contributed by atoms with E-state index < -0.39 is 0 Å². The highest BCUT2D eigenvalue weighted by molar-refractivity contribution is 5.96. The van der Waals surface area contributed by atoms with Crippen LogP contribution in [-0.4, -0.2) is 60.2 Å². The first-order valence-electron chi connectivity index (χ1n) is 10.8. The number of likely N-dealkylation sites (tertiary alicyclic amines) is 2. The van der Waals surface area contributed by atoms with Gasteiger partial charge in [0.15, 0.2) is 0 Å². The normalized spacial score (nSPS) is 18.2. The Morgan fingerprint density at radius 2 is 1.77 bits per heavy atom. The van der Waals surface area contributed by atoms with Gasteiger partial charge < -0.3 is 24.4 Å². The van der Waals surface area contributed by atoms with Gasteiger partial charge >= 0.3 is 6.03 Å². The number of urea groups is 1. The average molecular weight is 427 g/mol. The highest BCUT2D eigenvalue weighted by Gasteiger charge is 2.41. The number of nitrogens with zero attached hydrogens (tertiary/aromatic N) is 3. The van der Waals surface area contributed by atoms with Crippen LogP contribution in [0.25, 0.3) is 0 Å². The third-order valence-electron chi connectivity index (χ3n) is 6.65. The van der Waals surface area contributed by atoms with Crippen molar-refractivity contribution >= 4 is 17.6 Å². The zero-order valence-corrected chi connectivity index (χ0v) is 18.4.